The van der Waals surface area contributed by atoms with Crippen LogP contribution in [0.25, 0.3) is 0 Å². The molecule has 0 fully saturated rings. The van der Waals surface area contributed by atoms with E-state index >= 15 is 0 Å². The Bertz CT molecular complexity index is 362. The van der Waals surface area contributed by atoms with E-state index in [0.29, 0.717) is 4.28 Å². The van der Waals surface area contributed by atoms with Gasteiger partial charge in [0.1, 0.15) is 0 Å². The Morgan fingerprint density at radius 2 is 1.11 bits per heavy atom. The van der Waals surface area contributed by atoms with Gasteiger partial charge in [0.25, 0.3) is 14.1 Å². The van der Waals surface area contributed by atoms with Crippen LogP contribution in [0.15, 0.2) is 22.3 Å². The maximum absolute atomic E-state index is 2.55. The largest absolute Gasteiger partial charge is 0.282 e. The van der Waals surface area contributed by atoms with Gasteiger partial charge in [-0.05, 0) is 43.1 Å². The first-order valence-electron chi connectivity index (χ1n) is 7.98. The van der Waals surface area contributed by atoms with Gasteiger partial charge in [-0.3, -0.25) is 0 Å². The quantitative estimate of drug-likeness (QED) is 0.521. The molecule has 0 heterocycles. The second-order valence-corrected chi connectivity index (χ2v) is 11.1. The summed E-state index contributed by atoms with van der Waals surface area (Å²) in [7, 11) is 0. The van der Waals surface area contributed by atoms with Crippen molar-refractivity contribution in [1.29, 1.82) is 0 Å². The second kappa shape index (κ2) is 6.19. The minimum absolute atomic E-state index is 0.433. The summed E-state index contributed by atoms with van der Waals surface area (Å²) in [5, 5.41) is 2.95. The van der Waals surface area contributed by atoms with Crippen LogP contribution in [0.1, 0.15) is 62.3 Å². The van der Waals surface area contributed by atoms with Crippen LogP contribution in [-0.4, -0.2) is 14.1 Å². The minimum atomic E-state index is -0.825. The molecule has 0 aromatic rings. The van der Waals surface area contributed by atoms with E-state index in [1.807, 2.05) is 0 Å². The van der Waals surface area contributed by atoms with Crippen molar-refractivity contribution in [3.63, 3.8) is 0 Å². The van der Waals surface area contributed by atoms with E-state index in [1.165, 1.54) is 10.6 Å². The molecule has 1 aliphatic rings. The molecular formula is C18H33Al. The maximum Gasteiger partial charge on any atom is 0.282 e. The Hall–Kier alpha value is 0.0125. The van der Waals surface area contributed by atoms with Crippen molar-refractivity contribution in [3.8, 4) is 0 Å². The van der Waals surface area contributed by atoms with Gasteiger partial charge in [-0.2, -0.15) is 0 Å². The van der Waals surface area contributed by atoms with Crippen molar-refractivity contribution < 1.29 is 0 Å². The third-order valence-corrected chi connectivity index (χ3v) is 11.1. The third-order valence-electron chi connectivity index (χ3n) is 5.57. The van der Waals surface area contributed by atoms with E-state index < -0.39 is 14.1 Å². The molecule has 0 aromatic carbocycles. The molecule has 1 rings (SSSR count). The molecule has 0 spiro atoms. The summed E-state index contributed by atoms with van der Waals surface area (Å²) in [5.74, 6) is 1.68. The lowest BCUT2D eigenvalue weighted by Crippen LogP contribution is -2.33. The zero-order valence-electron chi connectivity index (χ0n) is 14.6. The average Bonchev–Trinajstić information content (AvgIpc) is 2.44. The van der Waals surface area contributed by atoms with Gasteiger partial charge in [0.05, 0.1) is 0 Å². The van der Waals surface area contributed by atoms with Gasteiger partial charge in [0, 0.05) is 0 Å². The van der Waals surface area contributed by atoms with Crippen LogP contribution in [0, 0.1) is 11.8 Å². The molecule has 0 saturated heterocycles. The molecule has 0 saturated carbocycles. The molecular weight excluding hydrogens is 243 g/mol. The van der Waals surface area contributed by atoms with E-state index in [-0.39, 0.29) is 0 Å². The monoisotopic (exact) mass is 276 g/mol. The molecule has 0 bridgehead atoms. The normalized spacial score (nSPS) is 19.1. The standard InChI is InChI=1S/C10H15.2C4H9.Al/c1-6-7(2)9(4)10(5)8(6)3;2*1-4(2)3;/h1-5H3;2*4H,1H2,2-3H3;. The van der Waals surface area contributed by atoms with E-state index in [2.05, 4.69) is 62.3 Å². The van der Waals surface area contributed by atoms with Gasteiger partial charge >= 0.3 is 0 Å². The first-order valence-corrected chi connectivity index (χ1v) is 10.2. The molecule has 0 atom stereocenters. The zero-order chi connectivity index (χ0) is 15.0. The van der Waals surface area contributed by atoms with Crippen LogP contribution in [0.4, 0.5) is 0 Å². The van der Waals surface area contributed by atoms with Gasteiger partial charge in [-0.1, -0.05) is 68.2 Å². The summed E-state index contributed by atoms with van der Waals surface area (Å²) in [5.41, 5.74) is 6.51. The molecule has 19 heavy (non-hydrogen) atoms. The Kier molecular flexibility index (Phi) is 5.56. The minimum Gasteiger partial charge on any atom is -0.0906 e. The third kappa shape index (κ3) is 3.20. The fraction of sp³-hybridized carbons (Fsp3) is 0.778. The Morgan fingerprint density at radius 3 is 1.37 bits per heavy atom. The molecule has 0 amide bonds. The summed E-state index contributed by atoms with van der Waals surface area (Å²) in [6, 6.07) is 0. The molecule has 0 nitrogen and oxygen atoms in total. The molecule has 0 aliphatic heterocycles. The number of rotatable bonds is 5. The number of allylic oxidation sites excluding steroid dienone is 4. The van der Waals surface area contributed by atoms with E-state index in [4.69, 9.17) is 0 Å². The van der Waals surface area contributed by atoms with Crippen molar-refractivity contribution in [2.75, 3.05) is 0 Å². The number of hydrogen-bond acceptors (Lipinski definition) is 0. The predicted molar refractivity (Wildman–Crippen MR) is 90.2 cm³/mol. The lowest BCUT2D eigenvalue weighted by Gasteiger charge is -2.37. The van der Waals surface area contributed by atoms with Gasteiger partial charge in [0.15, 0.2) is 0 Å². The van der Waals surface area contributed by atoms with Gasteiger partial charge in [0.2, 0.25) is 0 Å². The fourth-order valence-electron chi connectivity index (χ4n) is 3.94. The van der Waals surface area contributed by atoms with Crippen LogP contribution in [0.2, 0.25) is 14.8 Å². The smallest absolute Gasteiger partial charge is 0.0906 e. The van der Waals surface area contributed by atoms with Gasteiger partial charge in [-0.15, -0.1) is 0 Å². The van der Waals surface area contributed by atoms with Crippen molar-refractivity contribution >= 4 is 14.1 Å². The molecule has 0 unspecified atom stereocenters. The number of hydrogen-bond donors (Lipinski definition) is 0. The van der Waals surface area contributed by atoms with Crippen molar-refractivity contribution in [3.05, 3.63) is 22.3 Å². The first kappa shape index (κ1) is 17.1. The zero-order valence-corrected chi connectivity index (χ0v) is 15.8. The first-order chi connectivity index (χ1) is 8.62. The van der Waals surface area contributed by atoms with Crippen molar-refractivity contribution in [2.45, 2.75) is 77.2 Å². The van der Waals surface area contributed by atoms with E-state index in [1.54, 1.807) is 22.3 Å². The van der Waals surface area contributed by atoms with Crippen LogP contribution in [0.3, 0.4) is 0 Å². The van der Waals surface area contributed by atoms with Crippen LogP contribution in [-0.2, 0) is 0 Å². The molecule has 0 N–H and O–H groups in total. The summed E-state index contributed by atoms with van der Waals surface area (Å²) in [6.07, 6.45) is 0. The highest BCUT2D eigenvalue weighted by Crippen LogP contribution is 2.56. The Labute approximate surface area is 125 Å². The van der Waals surface area contributed by atoms with Crippen molar-refractivity contribution in [2.24, 2.45) is 11.8 Å². The summed E-state index contributed by atoms with van der Waals surface area (Å²) < 4.78 is 0.433. The Morgan fingerprint density at radius 1 is 0.789 bits per heavy atom. The summed E-state index contributed by atoms with van der Waals surface area (Å²) >= 11 is -0.825. The van der Waals surface area contributed by atoms with Crippen LogP contribution < -0.4 is 0 Å². The summed E-state index contributed by atoms with van der Waals surface area (Å²) in [4.78, 5) is 0. The lowest BCUT2D eigenvalue weighted by molar-refractivity contribution is 0.657. The molecule has 108 valence electrons. The highest BCUT2D eigenvalue weighted by atomic mass is 27.2. The average molecular weight is 276 g/mol. The van der Waals surface area contributed by atoms with Crippen molar-refractivity contribution in [1.82, 2.24) is 0 Å². The molecule has 0 aromatic heterocycles. The molecule has 0 radical (unpaired) electrons. The van der Waals surface area contributed by atoms with Crippen LogP contribution in [0.5, 0.6) is 0 Å². The van der Waals surface area contributed by atoms with E-state index in [9.17, 15) is 0 Å². The SMILES string of the molecule is CC1=C(C)[C](C)([Al]([CH2]C(C)C)[CH2]C(C)C)C(C)=C1C. The second-order valence-electron chi connectivity index (χ2n) is 7.66. The molecule has 1 heteroatoms. The van der Waals surface area contributed by atoms with Crippen LogP contribution >= 0.6 is 0 Å². The Balaban J connectivity index is 3.20. The topological polar surface area (TPSA) is 0 Å². The molecule has 1 aliphatic carbocycles. The van der Waals surface area contributed by atoms with Gasteiger partial charge < -0.3 is 0 Å². The fourth-order valence-corrected chi connectivity index (χ4v) is 9.01. The predicted octanol–water partition coefficient (Wildman–Crippen LogP) is 6.24. The summed E-state index contributed by atoms with van der Waals surface area (Å²) in [6.45, 7) is 21.6. The lowest BCUT2D eigenvalue weighted by atomic mass is 9.97. The highest BCUT2D eigenvalue weighted by molar-refractivity contribution is 6.64. The van der Waals surface area contributed by atoms with Gasteiger partial charge in [-0.25, -0.2) is 0 Å². The maximum atomic E-state index is 2.55. The van der Waals surface area contributed by atoms with E-state index in [0.717, 1.165) is 11.8 Å². The highest BCUT2D eigenvalue weighted by Gasteiger charge is 2.46.